The van der Waals surface area contributed by atoms with E-state index in [4.69, 9.17) is 10.5 Å². The van der Waals surface area contributed by atoms with Crippen molar-refractivity contribution in [1.29, 1.82) is 0 Å². The molecule has 2 rings (SSSR count). The lowest BCUT2D eigenvalue weighted by molar-refractivity contribution is -0.148. The Morgan fingerprint density at radius 3 is 2.22 bits per heavy atom. The highest BCUT2D eigenvalue weighted by Crippen LogP contribution is 2.37. The first kappa shape index (κ1) is 12.7. The molecule has 5 heteroatoms. The Labute approximate surface area is 102 Å². The Morgan fingerprint density at radius 1 is 1.06 bits per heavy atom. The zero-order valence-electron chi connectivity index (χ0n) is 9.66. The largest absolute Gasteiger partial charge is 0.496 e. The molecule has 2 nitrogen and oxygen atoms in total. The number of ether oxygens (including phenoxy) is 1. The number of hydrogen-bond donors (Lipinski definition) is 1. The third-order valence-corrected chi connectivity index (χ3v) is 2.83. The van der Waals surface area contributed by atoms with Crippen molar-refractivity contribution in [3.63, 3.8) is 0 Å². The molecule has 0 spiro atoms. The Kier molecular flexibility index (Phi) is 3.17. The molecule has 1 atom stereocenters. The molecule has 0 unspecified atom stereocenters. The lowest BCUT2D eigenvalue weighted by atomic mass is 9.98. The summed E-state index contributed by atoms with van der Waals surface area (Å²) in [6.45, 7) is 0. The van der Waals surface area contributed by atoms with Gasteiger partial charge in [-0.2, -0.15) is 13.2 Å². The van der Waals surface area contributed by atoms with Crippen LogP contribution in [-0.2, 0) is 0 Å². The zero-order chi connectivity index (χ0) is 13.3. The molecular weight excluding hydrogens is 243 g/mol. The Hall–Kier alpha value is -1.75. The van der Waals surface area contributed by atoms with Crippen LogP contribution in [0.3, 0.4) is 0 Å². The van der Waals surface area contributed by atoms with Gasteiger partial charge in [0, 0.05) is 5.39 Å². The van der Waals surface area contributed by atoms with Gasteiger partial charge >= 0.3 is 6.18 Å². The van der Waals surface area contributed by atoms with E-state index in [-0.39, 0.29) is 5.56 Å². The highest BCUT2D eigenvalue weighted by molar-refractivity contribution is 5.91. The highest BCUT2D eigenvalue weighted by atomic mass is 19.4. The number of hydrogen-bond acceptors (Lipinski definition) is 2. The summed E-state index contributed by atoms with van der Waals surface area (Å²) >= 11 is 0. The quantitative estimate of drug-likeness (QED) is 0.892. The SMILES string of the molecule is COc1ccc([C@H](N)C(F)(F)F)c2ccccc12. The van der Waals surface area contributed by atoms with Crippen LogP contribution in [0.5, 0.6) is 5.75 Å². The first-order valence-electron chi connectivity index (χ1n) is 5.33. The fourth-order valence-corrected chi connectivity index (χ4v) is 1.92. The summed E-state index contributed by atoms with van der Waals surface area (Å²) < 4.78 is 43.2. The monoisotopic (exact) mass is 255 g/mol. The minimum absolute atomic E-state index is 0.0545. The van der Waals surface area contributed by atoms with Crippen LogP contribution in [0.2, 0.25) is 0 Å². The van der Waals surface area contributed by atoms with Crippen molar-refractivity contribution in [3.05, 3.63) is 42.0 Å². The number of halogens is 3. The van der Waals surface area contributed by atoms with Gasteiger partial charge in [-0.15, -0.1) is 0 Å². The van der Waals surface area contributed by atoms with Crippen LogP contribution >= 0.6 is 0 Å². The van der Waals surface area contributed by atoms with Crippen LogP contribution < -0.4 is 10.5 Å². The van der Waals surface area contributed by atoms with Crippen LogP contribution in [0, 0.1) is 0 Å². The summed E-state index contributed by atoms with van der Waals surface area (Å²) in [7, 11) is 1.48. The molecule has 0 heterocycles. The lowest BCUT2D eigenvalue weighted by Gasteiger charge is -2.18. The molecule has 0 radical (unpaired) electrons. The lowest BCUT2D eigenvalue weighted by Crippen LogP contribution is -2.28. The van der Waals surface area contributed by atoms with Gasteiger partial charge in [-0.25, -0.2) is 0 Å². The van der Waals surface area contributed by atoms with Crippen LogP contribution in [0.1, 0.15) is 11.6 Å². The summed E-state index contributed by atoms with van der Waals surface area (Å²) in [4.78, 5) is 0. The van der Waals surface area contributed by atoms with E-state index < -0.39 is 12.2 Å². The first-order valence-corrected chi connectivity index (χ1v) is 5.33. The molecule has 0 aromatic heterocycles. The average Bonchev–Trinajstić information content (AvgIpc) is 2.35. The Bertz CT molecular complexity index is 566. The molecule has 0 aliphatic carbocycles. The number of nitrogens with two attached hydrogens (primary N) is 1. The number of rotatable bonds is 2. The molecule has 0 saturated heterocycles. The molecule has 2 aromatic carbocycles. The second kappa shape index (κ2) is 4.49. The maximum absolute atomic E-state index is 12.7. The van der Waals surface area contributed by atoms with E-state index in [0.29, 0.717) is 16.5 Å². The van der Waals surface area contributed by atoms with Crippen molar-refractivity contribution in [3.8, 4) is 5.75 Å². The predicted molar refractivity (Wildman–Crippen MR) is 63.5 cm³/mol. The minimum atomic E-state index is -4.46. The van der Waals surface area contributed by atoms with Gasteiger partial charge in [-0.05, 0) is 17.0 Å². The van der Waals surface area contributed by atoms with E-state index in [1.165, 1.54) is 19.2 Å². The van der Waals surface area contributed by atoms with Crippen molar-refractivity contribution in [1.82, 2.24) is 0 Å². The summed E-state index contributed by atoms with van der Waals surface area (Å²) in [5.41, 5.74) is 5.32. The molecule has 0 aliphatic heterocycles. The van der Waals surface area contributed by atoms with Crippen molar-refractivity contribution < 1.29 is 17.9 Å². The molecule has 0 bridgehead atoms. The molecular formula is C13H12F3NO. The van der Waals surface area contributed by atoms with Crippen molar-refractivity contribution in [2.75, 3.05) is 7.11 Å². The molecule has 96 valence electrons. The normalized spacial score (nSPS) is 13.6. The second-order valence-corrected chi connectivity index (χ2v) is 3.92. The van der Waals surface area contributed by atoms with Gasteiger partial charge in [0.2, 0.25) is 0 Å². The standard InChI is InChI=1S/C13H12F3NO/c1-18-11-7-6-10(12(17)13(14,15)16)8-4-2-3-5-9(8)11/h2-7,12H,17H2,1H3/t12-/m0/s1. The first-order chi connectivity index (χ1) is 8.45. The van der Waals surface area contributed by atoms with E-state index >= 15 is 0 Å². The molecule has 2 N–H and O–H groups in total. The van der Waals surface area contributed by atoms with E-state index in [0.717, 1.165) is 0 Å². The van der Waals surface area contributed by atoms with Gasteiger partial charge in [-0.3, -0.25) is 0 Å². The predicted octanol–water partition coefficient (Wildman–Crippen LogP) is 3.41. The van der Waals surface area contributed by atoms with Crippen LogP contribution in [0.15, 0.2) is 36.4 Å². The zero-order valence-corrected chi connectivity index (χ0v) is 9.66. The van der Waals surface area contributed by atoms with Gasteiger partial charge in [0.05, 0.1) is 7.11 Å². The maximum atomic E-state index is 12.7. The van der Waals surface area contributed by atoms with E-state index in [2.05, 4.69) is 0 Å². The smallest absolute Gasteiger partial charge is 0.407 e. The third kappa shape index (κ3) is 2.13. The number of alkyl halides is 3. The summed E-state index contributed by atoms with van der Waals surface area (Å²) in [5.74, 6) is 0.531. The average molecular weight is 255 g/mol. The van der Waals surface area contributed by atoms with Crippen LogP contribution in [-0.4, -0.2) is 13.3 Å². The minimum Gasteiger partial charge on any atom is -0.496 e. The van der Waals surface area contributed by atoms with Crippen LogP contribution in [0.4, 0.5) is 13.2 Å². The molecule has 0 saturated carbocycles. The third-order valence-electron chi connectivity index (χ3n) is 2.83. The summed E-state index contributed by atoms with van der Waals surface area (Å²) in [6, 6.07) is 7.61. The Balaban J connectivity index is 2.67. The van der Waals surface area contributed by atoms with Crippen LogP contribution in [0.25, 0.3) is 10.8 Å². The fraction of sp³-hybridized carbons (Fsp3) is 0.231. The Morgan fingerprint density at radius 2 is 1.67 bits per heavy atom. The van der Waals surface area contributed by atoms with E-state index in [1.807, 2.05) is 0 Å². The highest BCUT2D eigenvalue weighted by Gasteiger charge is 2.38. The summed E-state index contributed by atoms with van der Waals surface area (Å²) in [5, 5.41) is 1.08. The van der Waals surface area contributed by atoms with Crippen molar-refractivity contribution in [2.24, 2.45) is 5.73 Å². The van der Waals surface area contributed by atoms with Gasteiger partial charge < -0.3 is 10.5 Å². The van der Waals surface area contributed by atoms with Gasteiger partial charge in [0.15, 0.2) is 0 Å². The van der Waals surface area contributed by atoms with E-state index in [1.54, 1.807) is 24.3 Å². The fourth-order valence-electron chi connectivity index (χ4n) is 1.92. The van der Waals surface area contributed by atoms with Gasteiger partial charge in [-0.1, -0.05) is 30.3 Å². The number of methoxy groups -OCH3 is 1. The molecule has 0 aliphatic rings. The van der Waals surface area contributed by atoms with Crippen molar-refractivity contribution >= 4 is 10.8 Å². The maximum Gasteiger partial charge on any atom is 0.407 e. The number of fused-ring (bicyclic) bond motifs is 1. The van der Waals surface area contributed by atoms with Crippen molar-refractivity contribution in [2.45, 2.75) is 12.2 Å². The van der Waals surface area contributed by atoms with Gasteiger partial charge in [0.1, 0.15) is 11.8 Å². The summed E-state index contributed by atoms with van der Waals surface area (Å²) in [6.07, 6.45) is -4.46. The molecule has 2 aromatic rings. The topological polar surface area (TPSA) is 35.2 Å². The van der Waals surface area contributed by atoms with E-state index in [9.17, 15) is 13.2 Å². The molecule has 0 fully saturated rings. The molecule has 0 amide bonds. The number of benzene rings is 2. The molecule has 18 heavy (non-hydrogen) atoms. The van der Waals surface area contributed by atoms with Gasteiger partial charge in [0.25, 0.3) is 0 Å². The second-order valence-electron chi connectivity index (χ2n) is 3.92.